The monoisotopic (exact) mass is 275 g/mol. The quantitative estimate of drug-likeness (QED) is 0.687. The number of benzene rings is 1. The lowest BCUT2D eigenvalue weighted by Gasteiger charge is -2.12. The first-order chi connectivity index (χ1) is 9.84. The molecule has 0 saturated carbocycles. The van der Waals surface area contributed by atoms with Crippen molar-refractivity contribution >= 4 is 0 Å². The van der Waals surface area contributed by atoms with Gasteiger partial charge in [0.1, 0.15) is 12.4 Å². The number of furan rings is 1. The average molecular weight is 275 g/mol. The lowest BCUT2D eigenvalue weighted by molar-refractivity contribution is 0.0228. The summed E-state index contributed by atoms with van der Waals surface area (Å²) in [6.45, 7) is 2.08. The van der Waals surface area contributed by atoms with E-state index in [1.165, 1.54) is 5.56 Å². The van der Waals surface area contributed by atoms with Gasteiger partial charge in [0, 0.05) is 6.54 Å². The van der Waals surface area contributed by atoms with Crippen molar-refractivity contribution < 1.29 is 14.3 Å². The molecule has 0 saturated heterocycles. The molecule has 0 bridgehead atoms. The highest BCUT2D eigenvalue weighted by molar-refractivity contribution is 5.14. The molecule has 4 heteroatoms. The van der Waals surface area contributed by atoms with Gasteiger partial charge in [-0.25, -0.2) is 0 Å². The summed E-state index contributed by atoms with van der Waals surface area (Å²) in [7, 11) is 0. The van der Waals surface area contributed by atoms with Crippen LogP contribution >= 0.6 is 0 Å². The van der Waals surface area contributed by atoms with Crippen LogP contribution in [0.15, 0.2) is 53.1 Å². The normalized spacial score (nSPS) is 12.4. The van der Waals surface area contributed by atoms with Gasteiger partial charge >= 0.3 is 0 Å². The van der Waals surface area contributed by atoms with Crippen LogP contribution in [0.2, 0.25) is 0 Å². The number of aliphatic hydroxyl groups is 1. The van der Waals surface area contributed by atoms with Gasteiger partial charge in [-0.1, -0.05) is 30.3 Å². The molecular formula is C16H21NO3. The number of ether oxygens (including phenoxy) is 1. The molecule has 108 valence electrons. The predicted molar refractivity (Wildman–Crippen MR) is 77.4 cm³/mol. The minimum absolute atomic E-state index is 0.305. The fraction of sp³-hybridized carbons (Fsp3) is 0.375. The molecule has 1 atom stereocenters. The number of nitrogens with one attached hydrogen (secondary N) is 1. The molecule has 20 heavy (non-hydrogen) atoms. The Morgan fingerprint density at radius 3 is 2.75 bits per heavy atom. The summed E-state index contributed by atoms with van der Waals surface area (Å²) < 4.78 is 10.5. The topological polar surface area (TPSA) is 54.6 Å². The Balaban J connectivity index is 1.51. The zero-order valence-electron chi connectivity index (χ0n) is 11.5. The Morgan fingerprint density at radius 2 is 2.00 bits per heavy atom. The van der Waals surface area contributed by atoms with E-state index in [4.69, 9.17) is 9.15 Å². The molecule has 0 spiro atoms. The SMILES string of the molecule is OC(CNCCc1ccccc1)COCc1ccco1. The Bertz CT molecular complexity index is 456. The second kappa shape index (κ2) is 8.53. The van der Waals surface area contributed by atoms with E-state index in [1.54, 1.807) is 6.26 Å². The highest BCUT2D eigenvalue weighted by Crippen LogP contribution is 2.02. The molecule has 1 heterocycles. The van der Waals surface area contributed by atoms with Crippen molar-refractivity contribution in [3.8, 4) is 0 Å². The minimum Gasteiger partial charge on any atom is -0.467 e. The van der Waals surface area contributed by atoms with Crippen LogP contribution in [0.25, 0.3) is 0 Å². The van der Waals surface area contributed by atoms with Crippen LogP contribution in [0.5, 0.6) is 0 Å². The van der Waals surface area contributed by atoms with Crippen LogP contribution in [-0.2, 0) is 17.8 Å². The highest BCUT2D eigenvalue weighted by atomic mass is 16.5. The predicted octanol–water partition coefficient (Wildman–Crippen LogP) is 1.99. The highest BCUT2D eigenvalue weighted by Gasteiger charge is 2.04. The van der Waals surface area contributed by atoms with E-state index in [-0.39, 0.29) is 0 Å². The Hall–Kier alpha value is -1.62. The fourth-order valence-electron chi connectivity index (χ4n) is 1.90. The lowest BCUT2D eigenvalue weighted by atomic mass is 10.1. The fourth-order valence-corrected chi connectivity index (χ4v) is 1.90. The van der Waals surface area contributed by atoms with E-state index in [1.807, 2.05) is 30.3 Å². The molecular weight excluding hydrogens is 254 g/mol. The Kier molecular flexibility index (Phi) is 6.31. The molecule has 0 amide bonds. The molecule has 2 aromatic rings. The van der Waals surface area contributed by atoms with E-state index < -0.39 is 6.10 Å². The summed E-state index contributed by atoms with van der Waals surface area (Å²) in [5.41, 5.74) is 1.29. The number of hydrogen-bond donors (Lipinski definition) is 2. The third-order valence-corrected chi connectivity index (χ3v) is 2.95. The van der Waals surface area contributed by atoms with Crippen molar-refractivity contribution in [3.63, 3.8) is 0 Å². The maximum atomic E-state index is 9.76. The first-order valence-corrected chi connectivity index (χ1v) is 6.87. The summed E-state index contributed by atoms with van der Waals surface area (Å²) in [6.07, 6.45) is 2.07. The summed E-state index contributed by atoms with van der Waals surface area (Å²) in [5, 5.41) is 13.0. The third-order valence-electron chi connectivity index (χ3n) is 2.95. The molecule has 2 N–H and O–H groups in total. The van der Waals surface area contributed by atoms with Gasteiger partial charge in [-0.15, -0.1) is 0 Å². The van der Waals surface area contributed by atoms with Crippen molar-refractivity contribution in [2.75, 3.05) is 19.7 Å². The van der Waals surface area contributed by atoms with Gasteiger partial charge in [0.05, 0.1) is 19.0 Å². The van der Waals surface area contributed by atoms with Crippen LogP contribution in [-0.4, -0.2) is 30.9 Å². The number of hydrogen-bond acceptors (Lipinski definition) is 4. The van der Waals surface area contributed by atoms with Crippen molar-refractivity contribution in [3.05, 3.63) is 60.1 Å². The Morgan fingerprint density at radius 1 is 1.15 bits per heavy atom. The first kappa shape index (κ1) is 14.8. The van der Waals surface area contributed by atoms with Crippen LogP contribution in [0.1, 0.15) is 11.3 Å². The summed E-state index contributed by atoms with van der Waals surface area (Å²) in [5.74, 6) is 0.772. The molecule has 2 rings (SSSR count). The largest absolute Gasteiger partial charge is 0.467 e. The minimum atomic E-state index is -0.499. The van der Waals surface area contributed by atoms with Crippen LogP contribution in [0, 0.1) is 0 Å². The molecule has 4 nitrogen and oxygen atoms in total. The van der Waals surface area contributed by atoms with E-state index in [0.717, 1.165) is 18.7 Å². The van der Waals surface area contributed by atoms with Gasteiger partial charge < -0.3 is 19.6 Å². The molecule has 0 fully saturated rings. The first-order valence-electron chi connectivity index (χ1n) is 6.87. The van der Waals surface area contributed by atoms with Gasteiger partial charge in [0.25, 0.3) is 0 Å². The van der Waals surface area contributed by atoms with E-state index in [0.29, 0.717) is 19.8 Å². The standard InChI is InChI=1S/C16H21NO3/c18-15(12-19-13-16-7-4-10-20-16)11-17-9-8-14-5-2-1-3-6-14/h1-7,10,15,17-18H,8-9,11-13H2. The average Bonchev–Trinajstić information content (AvgIpc) is 2.98. The second-order valence-corrected chi connectivity index (χ2v) is 4.69. The van der Waals surface area contributed by atoms with Crippen LogP contribution in [0.4, 0.5) is 0 Å². The van der Waals surface area contributed by atoms with Gasteiger partial charge in [-0.2, -0.15) is 0 Å². The van der Waals surface area contributed by atoms with Crippen LogP contribution in [0.3, 0.4) is 0 Å². The van der Waals surface area contributed by atoms with Gasteiger partial charge in [-0.05, 0) is 30.7 Å². The summed E-state index contributed by atoms with van der Waals surface area (Å²) in [6, 6.07) is 14.0. The zero-order chi connectivity index (χ0) is 14.0. The lowest BCUT2D eigenvalue weighted by Crippen LogP contribution is -2.31. The van der Waals surface area contributed by atoms with Crippen molar-refractivity contribution in [1.82, 2.24) is 5.32 Å². The molecule has 0 radical (unpaired) electrons. The van der Waals surface area contributed by atoms with E-state index in [9.17, 15) is 5.11 Å². The molecule has 1 unspecified atom stereocenters. The van der Waals surface area contributed by atoms with Gasteiger partial charge in [-0.3, -0.25) is 0 Å². The molecule has 0 aliphatic rings. The molecule has 0 aliphatic carbocycles. The zero-order valence-corrected chi connectivity index (χ0v) is 11.5. The number of rotatable bonds is 9. The molecule has 0 aliphatic heterocycles. The molecule has 1 aromatic carbocycles. The molecule has 1 aromatic heterocycles. The maximum absolute atomic E-state index is 9.76. The van der Waals surface area contributed by atoms with Gasteiger partial charge in [0.15, 0.2) is 0 Å². The van der Waals surface area contributed by atoms with Gasteiger partial charge in [0.2, 0.25) is 0 Å². The summed E-state index contributed by atoms with van der Waals surface area (Å²) in [4.78, 5) is 0. The summed E-state index contributed by atoms with van der Waals surface area (Å²) >= 11 is 0. The smallest absolute Gasteiger partial charge is 0.129 e. The third kappa shape index (κ3) is 5.57. The van der Waals surface area contributed by atoms with Crippen molar-refractivity contribution in [1.29, 1.82) is 0 Å². The van der Waals surface area contributed by atoms with E-state index >= 15 is 0 Å². The van der Waals surface area contributed by atoms with E-state index in [2.05, 4.69) is 17.4 Å². The second-order valence-electron chi connectivity index (χ2n) is 4.69. The Labute approximate surface area is 119 Å². The maximum Gasteiger partial charge on any atom is 0.129 e. The van der Waals surface area contributed by atoms with Crippen LogP contribution < -0.4 is 5.32 Å². The van der Waals surface area contributed by atoms with Crippen molar-refractivity contribution in [2.45, 2.75) is 19.1 Å². The van der Waals surface area contributed by atoms with Crippen molar-refractivity contribution in [2.24, 2.45) is 0 Å². The number of aliphatic hydroxyl groups excluding tert-OH is 1.